The van der Waals surface area contributed by atoms with E-state index in [0.717, 1.165) is 11.0 Å². The number of fused-ring (bicyclic) bond motifs is 1. The number of amides is 1. The predicted octanol–water partition coefficient (Wildman–Crippen LogP) is 1.65. The Hall–Kier alpha value is -2.37. The minimum atomic E-state index is -1.04. The van der Waals surface area contributed by atoms with Crippen molar-refractivity contribution in [1.82, 2.24) is 14.9 Å². The topological polar surface area (TPSA) is 84.2 Å². The first-order valence-corrected chi connectivity index (χ1v) is 6.71. The number of carbonyl (C=O) groups is 2. The van der Waals surface area contributed by atoms with E-state index in [0.29, 0.717) is 0 Å². The van der Waals surface area contributed by atoms with Crippen LogP contribution in [0.1, 0.15) is 20.8 Å². The molecule has 0 aliphatic carbocycles. The number of carboxylic acids is 1. The van der Waals surface area contributed by atoms with Gasteiger partial charge in [-0.3, -0.25) is 4.79 Å². The molecule has 0 bridgehead atoms. The summed E-state index contributed by atoms with van der Waals surface area (Å²) in [6, 6.07) is 6.54. The minimum absolute atomic E-state index is 0.0420. The third kappa shape index (κ3) is 3.39. The number of rotatable bonds is 4. The maximum absolute atomic E-state index is 12.1. The molecule has 0 aliphatic heterocycles. The lowest BCUT2D eigenvalue weighted by Crippen LogP contribution is -2.49. The Morgan fingerprint density at radius 2 is 2.00 bits per heavy atom. The maximum atomic E-state index is 12.1. The Kier molecular flexibility index (Phi) is 3.97. The molecule has 0 radical (unpaired) electrons. The summed E-state index contributed by atoms with van der Waals surface area (Å²) in [5.74, 6) is -1.38. The molecule has 1 amide bonds. The van der Waals surface area contributed by atoms with Crippen molar-refractivity contribution in [3.63, 3.8) is 0 Å². The van der Waals surface area contributed by atoms with Gasteiger partial charge in [0.2, 0.25) is 5.91 Å². The standard InChI is InChI=1S/C15H19N3O3/c1-15(2,3)13(14(20)21)17-12(19)8-18-9-16-10-6-4-5-7-11(10)18/h4-7,9,13H,8H2,1-3H3,(H,17,19)(H,20,21)/t13-/m0/s1. The van der Waals surface area contributed by atoms with Crippen LogP contribution in [0.3, 0.4) is 0 Å². The fourth-order valence-corrected chi connectivity index (χ4v) is 2.15. The van der Waals surface area contributed by atoms with Gasteiger partial charge < -0.3 is 15.0 Å². The Labute approximate surface area is 122 Å². The number of carbonyl (C=O) groups excluding carboxylic acids is 1. The second-order valence-corrected chi connectivity index (χ2v) is 6.07. The largest absolute Gasteiger partial charge is 0.480 e. The minimum Gasteiger partial charge on any atom is -0.480 e. The lowest BCUT2D eigenvalue weighted by atomic mass is 9.87. The lowest BCUT2D eigenvalue weighted by molar-refractivity contribution is -0.145. The molecule has 0 saturated heterocycles. The van der Waals surface area contributed by atoms with Crippen molar-refractivity contribution in [1.29, 1.82) is 0 Å². The highest BCUT2D eigenvalue weighted by molar-refractivity contribution is 5.85. The number of hydrogen-bond acceptors (Lipinski definition) is 3. The number of nitrogens with zero attached hydrogens (tertiary/aromatic N) is 2. The molecule has 2 N–H and O–H groups in total. The zero-order chi connectivity index (χ0) is 15.6. The fourth-order valence-electron chi connectivity index (χ4n) is 2.15. The Morgan fingerprint density at radius 3 is 2.62 bits per heavy atom. The smallest absolute Gasteiger partial charge is 0.326 e. The molecule has 0 fully saturated rings. The van der Waals surface area contributed by atoms with E-state index in [-0.39, 0.29) is 12.5 Å². The third-order valence-corrected chi connectivity index (χ3v) is 3.26. The van der Waals surface area contributed by atoms with Gasteiger partial charge in [0.1, 0.15) is 12.6 Å². The molecule has 2 rings (SSSR count). The van der Waals surface area contributed by atoms with Crippen LogP contribution in [0, 0.1) is 5.41 Å². The molecule has 112 valence electrons. The van der Waals surface area contributed by atoms with E-state index in [1.165, 1.54) is 0 Å². The predicted molar refractivity (Wildman–Crippen MR) is 78.8 cm³/mol. The quantitative estimate of drug-likeness (QED) is 0.896. The van der Waals surface area contributed by atoms with Crippen molar-refractivity contribution < 1.29 is 14.7 Å². The number of aromatic nitrogens is 2. The third-order valence-electron chi connectivity index (χ3n) is 3.26. The summed E-state index contributed by atoms with van der Waals surface area (Å²) in [6.07, 6.45) is 1.58. The first-order valence-electron chi connectivity index (χ1n) is 6.71. The first kappa shape index (κ1) is 15.0. The number of hydrogen-bond donors (Lipinski definition) is 2. The summed E-state index contributed by atoms with van der Waals surface area (Å²) in [5, 5.41) is 11.8. The van der Waals surface area contributed by atoms with Crippen LogP contribution >= 0.6 is 0 Å². The molecule has 0 spiro atoms. The molecule has 6 heteroatoms. The molecule has 0 saturated carbocycles. The van der Waals surface area contributed by atoms with Crippen LogP contribution in [0.2, 0.25) is 0 Å². The molecule has 2 aromatic rings. The monoisotopic (exact) mass is 289 g/mol. The van der Waals surface area contributed by atoms with Gasteiger partial charge in [-0.2, -0.15) is 0 Å². The van der Waals surface area contributed by atoms with Crippen molar-refractivity contribution in [2.24, 2.45) is 5.41 Å². The number of aliphatic carboxylic acids is 1. The highest BCUT2D eigenvalue weighted by Crippen LogP contribution is 2.19. The van der Waals surface area contributed by atoms with Gasteiger partial charge in [-0.15, -0.1) is 0 Å². The van der Waals surface area contributed by atoms with Crippen LogP contribution < -0.4 is 5.32 Å². The highest BCUT2D eigenvalue weighted by atomic mass is 16.4. The van der Waals surface area contributed by atoms with E-state index in [1.807, 2.05) is 24.3 Å². The van der Waals surface area contributed by atoms with Crippen LogP contribution in [-0.2, 0) is 16.1 Å². The van der Waals surface area contributed by atoms with Crippen molar-refractivity contribution in [3.8, 4) is 0 Å². The Balaban J connectivity index is 2.13. The van der Waals surface area contributed by atoms with Crippen molar-refractivity contribution in [2.45, 2.75) is 33.4 Å². The zero-order valence-electron chi connectivity index (χ0n) is 12.3. The fraction of sp³-hybridized carbons (Fsp3) is 0.400. The van der Waals surface area contributed by atoms with E-state index in [2.05, 4.69) is 10.3 Å². The Bertz CT molecular complexity index is 670. The summed E-state index contributed by atoms with van der Waals surface area (Å²) in [5.41, 5.74) is 1.09. The maximum Gasteiger partial charge on any atom is 0.326 e. The number of nitrogens with one attached hydrogen (secondary N) is 1. The van der Waals surface area contributed by atoms with Gasteiger partial charge in [0.25, 0.3) is 0 Å². The van der Waals surface area contributed by atoms with Crippen LogP contribution in [0.5, 0.6) is 0 Å². The van der Waals surface area contributed by atoms with Gasteiger partial charge in [-0.1, -0.05) is 32.9 Å². The highest BCUT2D eigenvalue weighted by Gasteiger charge is 2.32. The van der Waals surface area contributed by atoms with E-state index in [1.54, 1.807) is 31.7 Å². The van der Waals surface area contributed by atoms with Crippen molar-refractivity contribution in [2.75, 3.05) is 0 Å². The van der Waals surface area contributed by atoms with Crippen LogP contribution in [0.15, 0.2) is 30.6 Å². The molecular weight excluding hydrogens is 270 g/mol. The number of para-hydroxylation sites is 2. The number of carboxylic acid groups (broad SMARTS) is 1. The van der Waals surface area contributed by atoms with E-state index in [9.17, 15) is 14.7 Å². The van der Waals surface area contributed by atoms with Gasteiger partial charge in [0, 0.05) is 0 Å². The average molecular weight is 289 g/mol. The van der Waals surface area contributed by atoms with E-state index in [4.69, 9.17) is 0 Å². The Morgan fingerprint density at radius 1 is 1.33 bits per heavy atom. The lowest BCUT2D eigenvalue weighted by Gasteiger charge is -2.27. The van der Waals surface area contributed by atoms with Gasteiger partial charge in [-0.05, 0) is 17.5 Å². The number of imidazole rings is 1. The molecule has 0 aliphatic rings. The van der Waals surface area contributed by atoms with Crippen LogP contribution in [0.25, 0.3) is 11.0 Å². The molecule has 1 heterocycles. The molecule has 1 atom stereocenters. The zero-order valence-corrected chi connectivity index (χ0v) is 12.3. The molecular formula is C15H19N3O3. The average Bonchev–Trinajstić information content (AvgIpc) is 2.78. The number of benzene rings is 1. The van der Waals surface area contributed by atoms with Crippen molar-refractivity contribution >= 4 is 22.9 Å². The van der Waals surface area contributed by atoms with E-state index >= 15 is 0 Å². The molecule has 21 heavy (non-hydrogen) atoms. The molecule has 6 nitrogen and oxygen atoms in total. The van der Waals surface area contributed by atoms with Gasteiger partial charge in [0.05, 0.1) is 17.4 Å². The summed E-state index contributed by atoms with van der Waals surface area (Å²) < 4.78 is 1.70. The van der Waals surface area contributed by atoms with Gasteiger partial charge in [-0.25, -0.2) is 9.78 Å². The summed E-state index contributed by atoms with van der Waals surface area (Å²) >= 11 is 0. The van der Waals surface area contributed by atoms with Crippen LogP contribution in [0.4, 0.5) is 0 Å². The summed E-state index contributed by atoms with van der Waals surface area (Å²) in [6.45, 7) is 5.37. The second-order valence-electron chi connectivity index (χ2n) is 6.07. The molecule has 0 unspecified atom stereocenters. The van der Waals surface area contributed by atoms with Crippen LogP contribution in [-0.4, -0.2) is 32.6 Å². The molecule has 1 aromatic heterocycles. The second kappa shape index (κ2) is 5.55. The summed E-state index contributed by atoms with van der Waals surface area (Å²) in [7, 11) is 0. The summed E-state index contributed by atoms with van der Waals surface area (Å²) in [4.78, 5) is 27.6. The van der Waals surface area contributed by atoms with Crippen molar-refractivity contribution in [3.05, 3.63) is 30.6 Å². The van der Waals surface area contributed by atoms with Gasteiger partial charge >= 0.3 is 5.97 Å². The SMILES string of the molecule is CC(C)(C)[C@@H](NC(=O)Cn1cnc2ccccc21)C(=O)O. The first-order chi connectivity index (χ1) is 9.79. The van der Waals surface area contributed by atoms with E-state index < -0.39 is 17.4 Å². The molecule has 1 aromatic carbocycles. The normalized spacial score (nSPS) is 13.1. The van der Waals surface area contributed by atoms with Gasteiger partial charge in [0.15, 0.2) is 0 Å².